The van der Waals surface area contributed by atoms with E-state index in [0.29, 0.717) is 16.6 Å². The highest BCUT2D eigenvalue weighted by atomic mass is 79.9. The van der Waals surface area contributed by atoms with E-state index in [1.54, 1.807) is 26.0 Å². The fraction of sp³-hybridized carbons (Fsp3) is 0.200. The number of hydrogen-bond acceptors (Lipinski definition) is 3. The SMILES string of the molecule is Cc1cc(F)c(Br)cc1NCc1cccc([N+](=O)[O-])c1C. The average Bonchev–Trinajstić information content (AvgIpc) is 2.42. The summed E-state index contributed by atoms with van der Waals surface area (Å²) in [6, 6.07) is 8.08. The minimum atomic E-state index is -0.390. The van der Waals surface area contributed by atoms with E-state index in [-0.39, 0.29) is 11.5 Å². The van der Waals surface area contributed by atoms with Gasteiger partial charge in [0, 0.05) is 23.9 Å². The summed E-state index contributed by atoms with van der Waals surface area (Å²) in [6.45, 7) is 3.97. The summed E-state index contributed by atoms with van der Waals surface area (Å²) in [5, 5.41) is 14.1. The maximum atomic E-state index is 13.4. The van der Waals surface area contributed by atoms with Crippen molar-refractivity contribution in [3.8, 4) is 0 Å². The second-order valence-electron chi connectivity index (χ2n) is 4.75. The Balaban J connectivity index is 2.23. The van der Waals surface area contributed by atoms with Gasteiger partial charge in [-0.3, -0.25) is 10.1 Å². The number of rotatable bonds is 4. The van der Waals surface area contributed by atoms with Gasteiger partial charge in [-0.2, -0.15) is 0 Å². The van der Waals surface area contributed by atoms with E-state index in [1.807, 2.05) is 6.07 Å². The van der Waals surface area contributed by atoms with Crippen molar-refractivity contribution in [2.45, 2.75) is 20.4 Å². The van der Waals surface area contributed by atoms with Gasteiger partial charge in [-0.05, 0) is 53.0 Å². The summed E-state index contributed by atoms with van der Waals surface area (Å²) < 4.78 is 13.8. The molecule has 2 aromatic carbocycles. The molecule has 0 aliphatic carbocycles. The van der Waals surface area contributed by atoms with Crippen LogP contribution in [-0.4, -0.2) is 4.92 Å². The predicted octanol–water partition coefficient (Wildman–Crippen LogP) is 4.73. The molecule has 0 spiro atoms. The maximum Gasteiger partial charge on any atom is 0.272 e. The quantitative estimate of drug-likeness (QED) is 0.639. The van der Waals surface area contributed by atoms with Crippen LogP contribution in [0.2, 0.25) is 0 Å². The van der Waals surface area contributed by atoms with Crippen LogP contribution in [0.3, 0.4) is 0 Å². The molecule has 0 saturated carbocycles. The molecule has 0 aliphatic rings. The van der Waals surface area contributed by atoms with Crippen LogP contribution < -0.4 is 5.32 Å². The largest absolute Gasteiger partial charge is 0.381 e. The Labute approximate surface area is 130 Å². The van der Waals surface area contributed by atoms with Gasteiger partial charge in [0.1, 0.15) is 5.82 Å². The van der Waals surface area contributed by atoms with Crippen LogP contribution in [0.25, 0.3) is 0 Å². The minimum Gasteiger partial charge on any atom is -0.381 e. The molecular weight excluding hydrogens is 339 g/mol. The molecule has 0 saturated heterocycles. The van der Waals surface area contributed by atoms with Crippen molar-refractivity contribution in [3.63, 3.8) is 0 Å². The monoisotopic (exact) mass is 352 g/mol. The number of nitrogens with zero attached hydrogens (tertiary/aromatic N) is 1. The standard InChI is InChI=1S/C15H14BrFN2O2/c1-9-6-13(17)12(16)7-14(9)18-8-11-4-3-5-15(10(11)2)19(20)21/h3-7,18H,8H2,1-2H3. The molecule has 110 valence electrons. The lowest BCUT2D eigenvalue weighted by Crippen LogP contribution is -2.04. The third-order valence-corrected chi connectivity index (χ3v) is 3.96. The lowest BCUT2D eigenvalue weighted by Gasteiger charge is -2.12. The molecule has 1 N–H and O–H groups in total. The highest BCUT2D eigenvalue weighted by molar-refractivity contribution is 9.10. The van der Waals surface area contributed by atoms with Crippen molar-refractivity contribution in [3.05, 3.63) is 67.4 Å². The van der Waals surface area contributed by atoms with E-state index in [0.717, 1.165) is 16.8 Å². The van der Waals surface area contributed by atoms with Gasteiger partial charge in [0.15, 0.2) is 0 Å². The van der Waals surface area contributed by atoms with Gasteiger partial charge in [-0.1, -0.05) is 12.1 Å². The van der Waals surface area contributed by atoms with Crippen molar-refractivity contribution < 1.29 is 9.31 Å². The average molecular weight is 353 g/mol. The molecule has 0 aliphatic heterocycles. The molecule has 21 heavy (non-hydrogen) atoms. The van der Waals surface area contributed by atoms with Crippen LogP contribution in [0.4, 0.5) is 15.8 Å². The molecule has 0 amide bonds. The number of anilines is 1. The summed E-state index contributed by atoms with van der Waals surface area (Å²) in [5.41, 5.74) is 3.14. The van der Waals surface area contributed by atoms with Crippen LogP contribution in [0.15, 0.2) is 34.8 Å². The molecule has 4 nitrogen and oxygen atoms in total. The van der Waals surface area contributed by atoms with Gasteiger partial charge < -0.3 is 5.32 Å². The molecule has 0 fully saturated rings. The van der Waals surface area contributed by atoms with Crippen LogP contribution >= 0.6 is 15.9 Å². The second kappa shape index (κ2) is 6.22. The van der Waals surface area contributed by atoms with Crippen LogP contribution in [-0.2, 0) is 6.54 Å². The van der Waals surface area contributed by atoms with Crippen molar-refractivity contribution in [1.82, 2.24) is 0 Å². The van der Waals surface area contributed by atoms with Gasteiger partial charge in [0.2, 0.25) is 0 Å². The van der Waals surface area contributed by atoms with E-state index in [4.69, 9.17) is 0 Å². The third-order valence-electron chi connectivity index (χ3n) is 3.35. The predicted molar refractivity (Wildman–Crippen MR) is 84.0 cm³/mol. The molecule has 6 heteroatoms. The van der Waals surface area contributed by atoms with Crippen molar-refractivity contribution >= 4 is 27.3 Å². The summed E-state index contributed by atoms with van der Waals surface area (Å²) in [7, 11) is 0. The van der Waals surface area contributed by atoms with E-state index in [9.17, 15) is 14.5 Å². The Bertz CT molecular complexity index is 704. The van der Waals surface area contributed by atoms with Crippen LogP contribution in [0.1, 0.15) is 16.7 Å². The fourth-order valence-corrected chi connectivity index (χ4v) is 2.43. The Morgan fingerprint density at radius 2 is 2.05 bits per heavy atom. The lowest BCUT2D eigenvalue weighted by atomic mass is 10.1. The van der Waals surface area contributed by atoms with E-state index >= 15 is 0 Å². The number of nitro groups is 1. The van der Waals surface area contributed by atoms with Gasteiger partial charge in [0.05, 0.1) is 9.40 Å². The molecule has 0 radical (unpaired) electrons. The third kappa shape index (κ3) is 3.39. The zero-order valence-electron chi connectivity index (χ0n) is 11.6. The number of benzene rings is 2. The number of nitro benzene ring substituents is 1. The van der Waals surface area contributed by atoms with Gasteiger partial charge in [0.25, 0.3) is 5.69 Å². The van der Waals surface area contributed by atoms with E-state index in [1.165, 1.54) is 12.1 Å². The zero-order valence-corrected chi connectivity index (χ0v) is 13.2. The Morgan fingerprint density at radius 3 is 2.71 bits per heavy atom. The zero-order chi connectivity index (χ0) is 15.6. The Kier molecular flexibility index (Phi) is 4.57. The van der Waals surface area contributed by atoms with Crippen LogP contribution in [0.5, 0.6) is 0 Å². The number of halogens is 2. The second-order valence-corrected chi connectivity index (χ2v) is 5.61. The van der Waals surface area contributed by atoms with E-state index < -0.39 is 4.92 Å². The molecule has 2 rings (SSSR count). The van der Waals surface area contributed by atoms with Crippen molar-refractivity contribution in [1.29, 1.82) is 0 Å². The molecular formula is C15H14BrFN2O2. The highest BCUT2D eigenvalue weighted by Gasteiger charge is 2.13. The summed E-state index contributed by atoms with van der Waals surface area (Å²) >= 11 is 3.15. The summed E-state index contributed by atoms with van der Waals surface area (Å²) in [6.07, 6.45) is 0. The van der Waals surface area contributed by atoms with Crippen molar-refractivity contribution in [2.75, 3.05) is 5.32 Å². The summed E-state index contributed by atoms with van der Waals surface area (Å²) in [4.78, 5) is 10.5. The number of aryl methyl sites for hydroxylation is 1. The first-order valence-corrected chi connectivity index (χ1v) is 7.12. The number of hydrogen-bond donors (Lipinski definition) is 1. The first-order valence-electron chi connectivity index (χ1n) is 6.32. The molecule has 2 aromatic rings. The molecule has 0 heterocycles. The Hall–Kier alpha value is -1.95. The Morgan fingerprint density at radius 1 is 1.33 bits per heavy atom. The van der Waals surface area contributed by atoms with Gasteiger partial charge >= 0.3 is 0 Å². The fourth-order valence-electron chi connectivity index (χ4n) is 2.09. The van der Waals surface area contributed by atoms with Crippen LogP contribution in [0, 0.1) is 29.8 Å². The first-order chi connectivity index (χ1) is 9.90. The van der Waals surface area contributed by atoms with Crippen molar-refractivity contribution in [2.24, 2.45) is 0 Å². The van der Waals surface area contributed by atoms with Gasteiger partial charge in [-0.15, -0.1) is 0 Å². The normalized spacial score (nSPS) is 10.5. The smallest absolute Gasteiger partial charge is 0.272 e. The van der Waals surface area contributed by atoms with E-state index in [2.05, 4.69) is 21.2 Å². The molecule has 0 atom stereocenters. The number of nitrogens with one attached hydrogen (secondary N) is 1. The molecule has 0 unspecified atom stereocenters. The molecule has 0 aromatic heterocycles. The first kappa shape index (κ1) is 15.4. The minimum absolute atomic E-state index is 0.103. The summed E-state index contributed by atoms with van der Waals surface area (Å²) in [5.74, 6) is -0.315. The highest BCUT2D eigenvalue weighted by Crippen LogP contribution is 2.26. The molecule has 0 bridgehead atoms. The maximum absolute atomic E-state index is 13.4. The lowest BCUT2D eigenvalue weighted by molar-refractivity contribution is -0.385. The van der Waals surface area contributed by atoms with Gasteiger partial charge in [-0.25, -0.2) is 4.39 Å². The topological polar surface area (TPSA) is 55.2 Å².